The minimum absolute atomic E-state index is 0.131. The molecule has 0 spiro atoms. The number of benzene rings is 2. The van der Waals surface area contributed by atoms with E-state index in [-0.39, 0.29) is 18.2 Å². The largest absolute Gasteiger partial charge is 0.493 e. The maximum absolute atomic E-state index is 12.8. The number of carbonyl (C=O) groups is 2. The molecule has 6 heteroatoms. The van der Waals surface area contributed by atoms with Crippen molar-refractivity contribution in [3.05, 3.63) is 59.7 Å². The molecule has 0 N–H and O–H groups in total. The zero-order valence-electron chi connectivity index (χ0n) is 15.8. The quantitative estimate of drug-likeness (QED) is 0.703. The zero-order valence-corrected chi connectivity index (χ0v) is 15.8. The Bertz CT molecular complexity index is 822. The SMILES string of the molecule is COc1ccc(CN(C)[C@H]2CC(=O)N(Cc3ccccc3)C2=O)cc1OC. The van der Waals surface area contributed by atoms with Crippen LogP contribution in [0.15, 0.2) is 48.5 Å². The van der Waals surface area contributed by atoms with Gasteiger partial charge in [0, 0.05) is 6.54 Å². The number of rotatable bonds is 7. The Hall–Kier alpha value is -2.86. The smallest absolute Gasteiger partial charge is 0.247 e. The third kappa shape index (κ3) is 4.11. The zero-order chi connectivity index (χ0) is 19.4. The molecule has 3 rings (SSSR count). The van der Waals surface area contributed by atoms with E-state index in [0.29, 0.717) is 24.6 Å². The Kier molecular flexibility index (Phi) is 5.76. The lowest BCUT2D eigenvalue weighted by Crippen LogP contribution is -2.39. The van der Waals surface area contributed by atoms with Gasteiger partial charge in [0.2, 0.25) is 11.8 Å². The normalized spacial score (nSPS) is 16.9. The molecule has 1 heterocycles. The minimum atomic E-state index is -0.450. The second-order valence-electron chi connectivity index (χ2n) is 6.63. The molecule has 0 aromatic heterocycles. The van der Waals surface area contributed by atoms with Gasteiger partial charge in [-0.25, -0.2) is 0 Å². The first-order chi connectivity index (χ1) is 13.0. The first kappa shape index (κ1) is 18.9. The Morgan fingerprint density at radius 2 is 1.70 bits per heavy atom. The van der Waals surface area contributed by atoms with Crippen LogP contribution in [0.25, 0.3) is 0 Å². The van der Waals surface area contributed by atoms with E-state index < -0.39 is 6.04 Å². The monoisotopic (exact) mass is 368 g/mol. The number of imide groups is 1. The number of ether oxygens (including phenoxy) is 2. The van der Waals surface area contributed by atoms with Gasteiger partial charge in [0.25, 0.3) is 0 Å². The highest BCUT2D eigenvalue weighted by Crippen LogP contribution is 2.29. The predicted molar refractivity (Wildman–Crippen MR) is 101 cm³/mol. The Balaban J connectivity index is 1.69. The lowest BCUT2D eigenvalue weighted by atomic mass is 10.1. The molecule has 0 aliphatic carbocycles. The summed E-state index contributed by atoms with van der Waals surface area (Å²) in [5, 5.41) is 0. The summed E-state index contributed by atoms with van der Waals surface area (Å²) < 4.78 is 10.6. The molecule has 0 bridgehead atoms. The van der Waals surface area contributed by atoms with Gasteiger partial charge in [-0.1, -0.05) is 36.4 Å². The van der Waals surface area contributed by atoms with Crippen LogP contribution in [0, 0.1) is 0 Å². The average molecular weight is 368 g/mol. The van der Waals surface area contributed by atoms with Crippen LogP contribution in [-0.2, 0) is 22.7 Å². The fraction of sp³-hybridized carbons (Fsp3) is 0.333. The van der Waals surface area contributed by atoms with Crippen LogP contribution in [0.1, 0.15) is 17.5 Å². The predicted octanol–water partition coefficient (Wildman–Crippen LogP) is 2.46. The van der Waals surface area contributed by atoms with Crippen molar-refractivity contribution in [3.63, 3.8) is 0 Å². The summed E-state index contributed by atoms with van der Waals surface area (Å²) in [4.78, 5) is 28.4. The summed E-state index contributed by atoms with van der Waals surface area (Å²) in [7, 11) is 5.04. The van der Waals surface area contributed by atoms with Crippen molar-refractivity contribution in [1.82, 2.24) is 9.80 Å². The molecule has 0 saturated carbocycles. The number of carbonyl (C=O) groups excluding carboxylic acids is 2. The van der Waals surface area contributed by atoms with Gasteiger partial charge < -0.3 is 9.47 Å². The summed E-state index contributed by atoms with van der Waals surface area (Å²) in [5.74, 6) is 1.02. The van der Waals surface area contributed by atoms with E-state index in [9.17, 15) is 9.59 Å². The van der Waals surface area contributed by atoms with Gasteiger partial charge in [-0.3, -0.25) is 19.4 Å². The molecule has 0 unspecified atom stereocenters. The molecule has 1 atom stereocenters. The third-order valence-corrected chi connectivity index (χ3v) is 4.82. The number of hydrogen-bond donors (Lipinski definition) is 0. The molecule has 0 radical (unpaired) electrons. The van der Waals surface area contributed by atoms with Crippen LogP contribution in [0.5, 0.6) is 11.5 Å². The minimum Gasteiger partial charge on any atom is -0.493 e. The summed E-state index contributed by atoms with van der Waals surface area (Å²) >= 11 is 0. The lowest BCUT2D eigenvalue weighted by Gasteiger charge is -2.23. The molecule has 6 nitrogen and oxygen atoms in total. The fourth-order valence-electron chi connectivity index (χ4n) is 3.32. The first-order valence-corrected chi connectivity index (χ1v) is 8.82. The number of likely N-dealkylation sites (tertiary alicyclic amines) is 1. The van der Waals surface area contributed by atoms with Crippen LogP contribution in [0.4, 0.5) is 0 Å². The number of methoxy groups -OCH3 is 2. The molecule has 1 aliphatic rings. The van der Waals surface area contributed by atoms with E-state index in [1.165, 1.54) is 4.90 Å². The van der Waals surface area contributed by atoms with Crippen LogP contribution in [0.3, 0.4) is 0 Å². The first-order valence-electron chi connectivity index (χ1n) is 8.82. The van der Waals surface area contributed by atoms with Crippen molar-refractivity contribution in [1.29, 1.82) is 0 Å². The summed E-state index contributed by atoms with van der Waals surface area (Å²) in [6.07, 6.45) is 0.204. The Morgan fingerprint density at radius 3 is 2.37 bits per heavy atom. The van der Waals surface area contributed by atoms with Gasteiger partial charge in [-0.05, 0) is 30.3 Å². The molecular formula is C21H24N2O4. The van der Waals surface area contributed by atoms with Gasteiger partial charge in [0.1, 0.15) is 0 Å². The van der Waals surface area contributed by atoms with Crippen LogP contribution < -0.4 is 9.47 Å². The second kappa shape index (κ2) is 8.22. The highest BCUT2D eigenvalue weighted by molar-refractivity contribution is 6.05. The molecule has 1 fully saturated rings. The number of likely N-dealkylation sites (N-methyl/N-ethyl adjacent to an activating group) is 1. The van der Waals surface area contributed by atoms with Gasteiger partial charge in [-0.15, -0.1) is 0 Å². The number of hydrogen-bond acceptors (Lipinski definition) is 5. The molecule has 2 amide bonds. The summed E-state index contributed by atoms with van der Waals surface area (Å²) in [6.45, 7) is 0.850. The number of amides is 2. The van der Waals surface area contributed by atoms with Crippen molar-refractivity contribution in [3.8, 4) is 11.5 Å². The molecule has 1 saturated heterocycles. The van der Waals surface area contributed by atoms with Crippen molar-refractivity contribution in [2.24, 2.45) is 0 Å². The second-order valence-corrected chi connectivity index (χ2v) is 6.63. The van der Waals surface area contributed by atoms with E-state index in [1.807, 2.05) is 60.5 Å². The van der Waals surface area contributed by atoms with Gasteiger partial charge in [0.05, 0.1) is 33.2 Å². The fourth-order valence-corrected chi connectivity index (χ4v) is 3.32. The van der Waals surface area contributed by atoms with E-state index in [1.54, 1.807) is 14.2 Å². The number of nitrogens with zero attached hydrogens (tertiary/aromatic N) is 2. The standard InChI is InChI=1S/C21H24N2O4/c1-22(13-16-9-10-18(26-2)19(11-16)27-3)17-12-20(24)23(21(17)25)14-15-7-5-4-6-8-15/h4-11,17H,12-14H2,1-3H3/t17-/m0/s1. The van der Waals surface area contributed by atoms with Crippen LogP contribution in [-0.4, -0.2) is 48.9 Å². The summed E-state index contributed by atoms with van der Waals surface area (Å²) in [5.41, 5.74) is 1.93. The van der Waals surface area contributed by atoms with E-state index in [4.69, 9.17) is 9.47 Å². The summed E-state index contributed by atoms with van der Waals surface area (Å²) in [6, 6.07) is 14.8. The van der Waals surface area contributed by atoms with Crippen molar-refractivity contribution >= 4 is 11.8 Å². The van der Waals surface area contributed by atoms with Crippen LogP contribution >= 0.6 is 0 Å². The molecular weight excluding hydrogens is 344 g/mol. The highest BCUT2D eigenvalue weighted by Gasteiger charge is 2.40. The van der Waals surface area contributed by atoms with Crippen molar-refractivity contribution in [2.45, 2.75) is 25.6 Å². The maximum atomic E-state index is 12.8. The molecule has 2 aromatic carbocycles. The highest BCUT2D eigenvalue weighted by atomic mass is 16.5. The maximum Gasteiger partial charge on any atom is 0.247 e. The topological polar surface area (TPSA) is 59.1 Å². The van der Waals surface area contributed by atoms with E-state index in [0.717, 1.165) is 11.1 Å². The molecule has 27 heavy (non-hydrogen) atoms. The molecule has 142 valence electrons. The Morgan fingerprint density at radius 1 is 1.00 bits per heavy atom. The third-order valence-electron chi connectivity index (χ3n) is 4.82. The molecule has 2 aromatic rings. The van der Waals surface area contributed by atoms with E-state index in [2.05, 4.69) is 0 Å². The van der Waals surface area contributed by atoms with Gasteiger partial charge >= 0.3 is 0 Å². The van der Waals surface area contributed by atoms with Crippen molar-refractivity contribution in [2.75, 3.05) is 21.3 Å². The van der Waals surface area contributed by atoms with Gasteiger partial charge in [-0.2, -0.15) is 0 Å². The molecule has 1 aliphatic heterocycles. The van der Waals surface area contributed by atoms with Crippen molar-refractivity contribution < 1.29 is 19.1 Å². The van der Waals surface area contributed by atoms with Gasteiger partial charge in [0.15, 0.2) is 11.5 Å². The van der Waals surface area contributed by atoms with Crippen LogP contribution in [0.2, 0.25) is 0 Å². The van der Waals surface area contributed by atoms with E-state index >= 15 is 0 Å². The lowest BCUT2D eigenvalue weighted by molar-refractivity contribution is -0.140. The Labute approximate surface area is 159 Å². The average Bonchev–Trinajstić information content (AvgIpc) is 2.97.